The maximum Gasteiger partial charge on any atom is 0.328 e. The van der Waals surface area contributed by atoms with Crippen LogP contribution in [0.5, 0.6) is 0 Å². The van der Waals surface area contributed by atoms with Crippen molar-refractivity contribution in [1.82, 2.24) is 30.7 Å². The van der Waals surface area contributed by atoms with Crippen LogP contribution in [0.25, 0.3) is 0 Å². The van der Waals surface area contributed by atoms with Crippen LogP contribution < -0.4 is 16.0 Å². The Labute approximate surface area is 336 Å². The van der Waals surface area contributed by atoms with Gasteiger partial charge < -0.3 is 35.4 Å². The Morgan fingerprint density at radius 1 is 0.810 bits per heavy atom. The molecule has 2 aromatic carbocycles. The minimum absolute atomic E-state index is 0.0551. The van der Waals surface area contributed by atoms with Gasteiger partial charge in [0.25, 0.3) is 0 Å². The number of rotatable bonds is 7. The van der Waals surface area contributed by atoms with E-state index in [9.17, 15) is 42.3 Å². The van der Waals surface area contributed by atoms with Crippen LogP contribution in [-0.4, -0.2) is 119 Å². The van der Waals surface area contributed by atoms with E-state index in [4.69, 9.17) is 4.74 Å². The molecule has 0 radical (unpaired) electrons. The zero-order chi connectivity index (χ0) is 41.8. The number of carbonyl (C=O) groups excluding carboxylic acids is 7. The Morgan fingerprint density at radius 2 is 1.50 bits per heavy atom. The summed E-state index contributed by atoms with van der Waals surface area (Å²) in [5.41, 5.74) is 2.69. The number of piperidine rings is 1. The molecule has 312 valence electrons. The Balaban J connectivity index is 1.31. The number of esters is 1. The van der Waals surface area contributed by atoms with Crippen molar-refractivity contribution in [2.45, 2.75) is 115 Å². The zero-order valence-corrected chi connectivity index (χ0v) is 33.4. The fourth-order valence-electron chi connectivity index (χ4n) is 8.51. The molecule has 6 amide bonds. The van der Waals surface area contributed by atoms with Crippen molar-refractivity contribution < 1.29 is 47.1 Å². The van der Waals surface area contributed by atoms with Gasteiger partial charge in [0, 0.05) is 32.1 Å². The number of ether oxygens (including phenoxy) is 1. The number of fused-ring (bicyclic) bond motifs is 3. The molecule has 7 atom stereocenters. The zero-order valence-electron chi connectivity index (χ0n) is 33.4. The molecule has 0 aromatic heterocycles. The average Bonchev–Trinajstić information content (AvgIpc) is 3.83. The molecule has 3 N–H and O–H groups in total. The fourth-order valence-corrected chi connectivity index (χ4v) is 8.51. The van der Waals surface area contributed by atoms with E-state index < -0.39 is 95.9 Å². The van der Waals surface area contributed by atoms with E-state index in [1.807, 2.05) is 32.9 Å². The van der Waals surface area contributed by atoms with Gasteiger partial charge in [0.2, 0.25) is 35.4 Å². The summed E-state index contributed by atoms with van der Waals surface area (Å²) in [6.45, 7) is 7.16. The molecule has 4 heterocycles. The first kappa shape index (κ1) is 42.2. The average molecular weight is 807 g/mol. The van der Waals surface area contributed by atoms with Crippen molar-refractivity contribution in [2.24, 2.45) is 5.92 Å². The lowest BCUT2D eigenvalue weighted by Gasteiger charge is -2.39. The van der Waals surface area contributed by atoms with Crippen molar-refractivity contribution in [1.29, 1.82) is 0 Å². The van der Waals surface area contributed by atoms with E-state index in [0.29, 0.717) is 37.3 Å². The molecule has 2 aromatic rings. The van der Waals surface area contributed by atoms with Gasteiger partial charge in [-0.1, -0.05) is 25.1 Å². The molecule has 0 spiro atoms. The van der Waals surface area contributed by atoms with Crippen LogP contribution in [0.4, 0.5) is 8.78 Å². The molecule has 0 aliphatic carbocycles. The van der Waals surface area contributed by atoms with Crippen molar-refractivity contribution in [3.05, 3.63) is 70.3 Å². The fraction of sp³-hybridized carbons (Fsp3) is 0.548. The number of nitrogens with one attached hydrogen (secondary N) is 3. The van der Waals surface area contributed by atoms with E-state index in [1.165, 1.54) is 21.6 Å². The van der Waals surface area contributed by atoms with Gasteiger partial charge in [-0.15, -0.1) is 0 Å². The van der Waals surface area contributed by atoms with Crippen molar-refractivity contribution in [2.75, 3.05) is 26.2 Å². The van der Waals surface area contributed by atoms with Crippen LogP contribution in [0.15, 0.2) is 36.4 Å². The van der Waals surface area contributed by atoms with Crippen LogP contribution in [-0.2, 0) is 51.1 Å². The van der Waals surface area contributed by atoms with Crippen LogP contribution in [0, 0.1) is 31.4 Å². The second-order valence-electron chi connectivity index (χ2n) is 16.2. The molecule has 0 bridgehead atoms. The van der Waals surface area contributed by atoms with Gasteiger partial charge in [0.05, 0.1) is 6.42 Å². The van der Waals surface area contributed by atoms with E-state index in [0.717, 1.165) is 23.3 Å². The van der Waals surface area contributed by atoms with Gasteiger partial charge in [-0.2, -0.15) is 0 Å². The number of cyclic esters (lactones) is 1. The number of nitrogens with zero attached hydrogens (tertiary/aromatic N) is 3. The van der Waals surface area contributed by atoms with E-state index in [-0.39, 0.29) is 56.8 Å². The van der Waals surface area contributed by atoms with Gasteiger partial charge in [-0.05, 0) is 99.6 Å². The summed E-state index contributed by atoms with van der Waals surface area (Å²) in [6, 6.07) is 1.29. The largest absolute Gasteiger partial charge is 0.461 e. The molecule has 0 saturated carbocycles. The molecule has 16 heteroatoms. The van der Waals surface area contributed by atoms with Gasteiger partial charge in [0.1, 0.15) is 54.5 Å². The molecule has 4 saturated heterocycles. The second kappa shape index (κ2) is 18.0. The Morgan fingerprint density at radius 3 is 2.22 bits per heavy atom. The smallest absolute Gasteiger partial charge is 0.328 e. The highest BCUT2D eigenvalue weighted by Crippen LogP contribution is 2.28. The first-order valence-corrected chi connectivity index (χ1v) is 20.1. The van der Waals surface area contributed by atoms with Crippen LogP contribution in [0.2, 0.25) is 0 Å². The maximum atomic E-state index is 14.5. The number of amides is 6. The Kier molecular flexibility index (Phi) is 13.1. The van der Waals surface area contributed by atoms with Gasteiger partial charge >= 0.3 is 5.97 Å². The molecule has 58 heavy (non-hydrogen) atoms. The molecule has 4 aliphatic heterocycles. The van der Waals surface area contributed by atoms with Crippen molar-refractivity contribution >= 4 is 41.4 Å². The third-order valence-corrected chi connectivity index (χ3v) is 11.7. The summed E-state index contributed by atoms with van der Waals surface area (Å²) in [4.78, 5) is 102. The lowest BCUT2D eigenvalue weighted by molar-refractivity contribution is -0.158. The Bertz CT molecular complexity index is 1940. The minimum Gasteiger partial charge on any atom is -0.461 e. The number of aryl methyl sites for hydroxylation is 2. The third-order valence-electron chi connectivity index (χ3n) is 11.7. The molecule has 4 fully saturated rings. The standard InChI is InChI=1S/C42H52F2N6O8/c1-23-14-35-42(57)58-22-32(47-37(52)31(18-28-16-29(43)20-30(44)17-28)46-36(51)19-27-11-10-24(2)25(3)15-27)40(55)49-13-7-9-34(49)41(56)48-12-6-5-8-33(48)38(53)45-26(4)39(54)50(35)21-23/h10-11,15-17,20,23,26,31-35H,5-9,12-14,18-19,21-22H2,1-4H3,(H,45,53)(H,46,51)(H,47,52)/t23-,26+,31+,32+,33+,34+,35+/m1/s1. The first-order valence-electron chi connectivity index (χ1n) is 20.1. The van der Waals surface area contributed by atoms with Gasteiger partial charge in [0.15, 0.2) is 0 Å². The second-order valence-corrected chi connectivity index (χ2v) is 16.2. The van der Waals surface area contributed by atoms with Crippen LogP contribution >= 0.6 is 0 Å². The van der Waals surface area contributed by atoms with Gasteiger partial charge in [-0.25, -0.2) is 13.6 Å². The van der Waals surface area contributed by atoms with E-state index >= 15 is 0 Å². The lowest BCUT2D eigenvalue weighted by atomic mass is 9.99. The van der Waals surface area contributed by atoms with Crippen molar-refractivity contribution in [3.8, 4) is 0 Å². The Hall–Kier alpha value is -5.41. The summed E-state index contributed by atoms with van der Waals surface area (Å²) in [6.07, 6.45) is 2.17. The minimum atomic E-state index is -1.57. The van der Waals surface area contributed by atoms with E-state index in [2.05, 4.69) is 16.0 Å². The van der Waals surface area contributed by atoms with Crippen LogP contribution in [0.1, 0.15) is 74.6 Å². The number of carbonyl (C=O) groups is 7. The number of benzene rings is 2. The van der Waals surface area contributed by atoms with E-state index in [1.54, 1.807) is 6.07 Å². The molecule has 0 unspecified atom stereocenters. The maximum absolute atomic E-state index is 14.5. The number of hydrogen-bond donors (Lipinski definition) is 3. The molecule has 14 nitrogen and oxygen atoms in total. The summed E-state index contributed by atoms with van der Waals surface area (Å²) in [7, 11) is 0. The molecular weight excluding hydrogens is 754 g/mol. The third kappa shape index (κ3) is 9.64. The molecular formula is C42H52F2N6O8. The summed E-state index contributed by atoms with van der Waals surface area (Å²) in [5, 5.41) is 8.04. The number of halogens is 2. The summed E-state index contributed by atoms with van der Waals surface area (Å²) < 4.78 is 34.3. The lowest BCUT2D eigenvalue weighted by Crippen LogP contribution is -2.62. The predicted octanol–water partition coefficient (Wildman–Crippen LogP) is 2.01. The predicted molar refractivity (Wildman–Crippen MR) is 205 cm³/mol. The normalized spacial score (nSPS) is 26.3. The highest BCUT2D eigenvalue weighted by Gasteiger charge is 2.46. The van der Waals surface area contributed by atoms with Crippen molar-refractivity contribution in [3.63, 3.8) is 0 Å². The first-order chi connectivity index (χ1) is 27.6. The summed E-state index contributed by atoms with van der Waals surface area (Å²) >= 11 is 0. The number of hydrogen-bond acceptors (Lipinski definition) is 8. The summed E-state index contributed by atoms with van der Waals surface area (Å²) in [5.74, 6) is -6.37. The highest BCUT2D eigenvalue weighted by molar-refractivity contribution is 5.98. The topological polar surface area (TPSA) is 175 Å². The molecule has 4 aliphatic rings. The van der Waals surface area contributed by atoms with Gasteiger partial charge in [-0.3, -0.25) is 28.8 Å². The molecule has 6 rings (SSSR count). The monoisotopic (exact) mass is 806 g/mol. The highest BCUT2D eigenvalue weighted by atomic mass is 19.1. The SMILES string of the molecule is Cc1ccc(CC(=O)N[C@@H](Cc2cc(F)cc(F)c2)C(=O)N[C@H]2COC(=O)[C@@H]3C[C@@H](C)CN3C(=O)[C@H](C)NC(=O)[C@@H]3CCCCN3C(=O)[C@@H]3CCCN3C2=O)cc1C. The quantitative estimate of drug-likeness (QED) is 0.357. The van der Waals surface area contributed by atoms with Crippen LogP contribution in [0.3, 0.4) is 0 Å².